The Morgan fingerprint density at radius 1 is 1.56 bits per heavy atom. The highest BCUT2D eigenvalue weighted by atomic mass is 32.2. The highest BCUT2D eigenvalue weighted by Crippen LogP contribution is 2.24. The Labute approximate surface area is 114 Å². The summed E-state index contributed by atoms with van der Waals surface area (Å²) in [4.78, 5) is 7.06. The van der Waals surface area contributed by atoms with Crippen LogP contribution in [0.1, 0.15) is 32.5 Å². The van der Waals surface area contributed by atoms with Crippen molar-refractivity contribution in [1.29, 1.82) is 0 Å². The van der Waals surface area contributed by atoms with E-state index in [9.17, 15) is 0 Å². The predicted octanol–water partition coefficient (Wildman–Crippen LogP) is 2.69. The predicted molar refractivity (Wildman–Crippen MR) is 80.5 cm³/mol. The molecule has 2 rings (SSSR count). The van der Waals surface area contributed by atoms with Crippen LogP contribution in [0.25, 0.3) is 0 Å². The Morgan fingerprint density at radius 2 is 2.39 bits per heavy atom. The molecule has 2 heterocycles. The molecule has 1 saturated heterocycles. The SMILES string of the molecule is CCNC(C)c1ccc(N2CCSCC2C)cn1. The van der Waals surface area contributed by atoms with E-state index in [0.717, 1.165) is 18.8 Å². The molecule has 2 atom stereocenters. The maximum atomic E-state index is 4.60. The fourth-order valence-electron chi connectivity index (χ4n) is 2.35. The van der Waals surface area contributed by atoms with Crippen molar-refractivity contribution in [2.75, 3.05) is 29.5 Å². The van der Waals surface area contributed by atoms with Gasteiger partial charge in [-0.1, -0.05) is 6.92 Å². The molecule has 0 spiro atoms. The zero-order valence-electron chi connectivity index (χ0n) is 11.5. The molecule has 0 aromatic carbocycles. The standard InChI is InChI=1S/C14H23N3S/c1-4-15-12(3)14-6-5-13(9-16-14)17-7-8-18-10-11(17)2/h5-6,9,11-12,15H,4,7-8,10H2,1-3H3. The van der Waals surface area contributed by atoms with Crippen LogP contribution in [0.3, 0.4) is 0 Å². The van der Waals surface area contributed by atoms with E-state index in [0.29, 0.717) is 12.1 Å². The summed E-state index contributed by atoms with van der Waals surface area (Å²) in [6.45, 7) is 8.69. The molecule has 1 aromatic rings. The van der Waals surface area contributed by atoms with E-state index in [-0.39, 0.29) is 0 Å². The van der Waals surface area contributed by atoms with Gasteiger partial charge in [-0.25, -0.2) is 0 Å². The summed E-state index contributed by atoms with van der Waals surface area (Å²) >= 11 is 2.04. The molecule has 1 aromatic heterocycles. The second kappa shape index (κ2) is 6.43. The smallest absolute Gasteiger partial charge is 0.0572 e. The lowest BCUT2D eigenvalue weighted by atomic mass is 10.2. The van der Waals surface area contributed by atoms with Gasteiger partial charge in [0.2, 0.25) is 0 Å². The van der Waals surface area contributed by atoms with Crippen LogP contribution in [0.2, 0.25) is 0 Å². The molecular weight excluding hydrogens is 242 g/mol. The van der Waals surface area contributed by atoms with Crippen molar-refractivity contribution < 1.29 is 0 Å². The summed E-state index contributed by atoms with van der Waals surface area (Å²) in [6.07, 6.45) is 2.02. The molecule has 18 heavy (non-hydrogen) atoms. The van der Waals surface area contributed by atoms with Crippen molar-refractivity contribution in [1.82, 2.24) is 10.3 Å². The maximum absolute atomic E-state index is 4.60. The molecule has 0 amide bonds. The zero-order valence-corrected chi connectivity index (χ0v) is 12.3. The molecule has 1 N–H and O–H groups in total. The minimum Gasteiger partial charge on any atom is -0.366 e. The molecule has 2 unspecified atom stereocenters. The van der Waals surface area contributed by atoms with E-state index >= 15 is 0 Å². The first-order valence-electron chi connectivity index (χ1n) is 6.76. The van der Waals surface area contributed by atoms with Gasteiger partial charge in [0.05, 0.1) is 17.6 Å². The van der Waals surface area contributed by atoms with Crippen LogP contribution in [-0.4, -0.2) is 35.6 Å². The second-order valence-electron chi connectivity index (χ2n) is 4.84. The normalized spacial score (nSPS) is 21.9. The summed E-state index contributed by atoms with van der Waals surface area (Å²) < 4.78 is 0. The van der Waals surface area contributed by atoms with Gasteiger partial charge in [-0.05, 0) is 32.5 Å². The number of rotatable bonds is 4. The first-order valence-corrected chi connectivity index (χ1v) is 7.91. The van der Waals surface area contributed by atoms with Gasteiger partial charge in [0.1, 0.15) is 0 Å². The number of nitrogens with zero attached hydrogens (tertiary/aromatic N) is 2. The number of pyridine rings is 1. The van der Waals surface area contributed by atoms with Crippen LogP contribution >= 0.6 is 11.8 Å². The van der Waals surface area contributed by atoms with Crippen LogP contribution in [0.15, 0.2) is 18.3 Å². The van der Waals surface area contributed by atoms with E-state index in [1.165, 1.54) is 17.2 Å². The Balaban J connectivity index is 2.06. The van der Waals surface area contributed by atoms with Gasteiger partial charge in [-0.2, -0.15) is 11.8 Å². The highest BCUT2D eigenvalue weighted by molar-refractivity contribution is 7.99. The summed E-state index contributed by atoms with van der Waals surface area (Å²) in [6, 6.07) is 5.31. The molecule has 0 bridgehead atoms. The molecule has 1 aliphatic rings. The summed E-state index contributed by atoms with van der Waals surface area (Å²) in [5.74, 6) is 2.44. The quantitative estimate of drug-likeness (QED) is 0.906. The average Bonchev–Trinajstić information content (AvgIpc) is 2.40. The van der Waals surface area contributed by atoms with Crippen molar-refractivity contribution in [3.8, 4) is 0 Å². The lowest BCUT2D eigenvalue weighted by Crippen LogP contribution is -2.40. The van der Waals surface area contributed by atoms with E-state index in [4.69, 9.17) is 0 Å². The third-order valence-corrected chi connectivity index (χ3v) is 4.61. The lowest BCUT2D eigenvalue weighted by molar-refractivity contribution is 0.583. The lowest BCUT2D eigenvalue weighted by Gasteiger charge is -2.34. The minimum absolute atomic E-state index is 0.332. The van der Waals surface area contributed by atoms with Gasteiger partial charge < -0.3 is 10.2 Å². The summed E-state index contributed by atoms with van der Waals surface area (Å²) in [5.41, 5.74) is 2.38. The second-order valence-corrected chi connectivity index (χ2v) is 5.99. The first-order chi connectivity index (χ1) is 8.72. The Morgan fingerprint density at radius 3 is 3.00 bits per heavy atom. The Kier molecular flexibility index (Phi) is 4.89. The van der Waals surface area contributed by atoms with Crippen molar-refractivity contribution >= 4 is 17.4 Å². The minimum atomic E-state index is 0.332. The summed E-state index contributed by atoms with van der Waals surface area (Å²) in [5, 5.41) is 3.39. The average molecular weight is 265 g/mol. The number of nitrogens with one attached hydrogen (secondary N) is 1. The molecule has 1 fully saturated rings. The molecule has 100 valence electrons. The molecule has 0 saturated carbocycles. The third-order valence-electron chi connectivity index (χ3n) is 3.42. The molecule has 4 heteroatoms. The van der Waals surface area contributed by atoms with Gasteiger partial charge in [0.15, 0.2) is 0 Å². The van der Waals surface area contributed by atoms with Gasteiger partial charge >= 0.3 is 0 Å². The summed E-state index contributed by atoms with van der Waals surface area (Å²) in [7, 11) is 0. The van der Waals surface area contributed by atoms with Crippen molar-refractivity contribution in [2.45, 2.75) is 32.9 Å². The van der Waals surface area contributed by atoms with E-state index in [1.807, 2.05) is 18.0 Å². The Bertz CT molecular complexity index is 366. The van der Waals surface area contributed by atoms with Crippen molar-refractivity contribution in [3.05, 3.63) is 24.0 Å². The fourth-order valence-corrected chi connectivity index (χ4v) is 3.36. The molecule has 3 nitrogen and oxygen atoms in total. The number of aromatic nitrogens is 1. The largest absolute Gasteiger partial charge is 0.366 e. The topological polar surface area (TPSA) is 28.2 Å². The first kappa shape index (κ1) is 13.7. The molecular formula is C14H23N3S. The van der Waals surface area contributed by atoms with Crippen LogP contribution < -0.4 is 10.2 Å². The third kappa shape index (κ3) is 3.18. The molecule has 1 aliphatic heterocycles. The van der Waals surface area contributed by atoms with Gasteiger partial charge in [-0.3, -0.25) is 4.98 Å². The van der Waals surface area contributed by atoms with Crippen LogP contribution in [0.4, 0.5) is 5.69 Å². The van der Waals surface area contributed by atoms with E-state index < -0.39 is 0 Å². The zero-order chi connectivity index (χ0) is 13.0. The van der Waals surface area contributed by atoms with Crippen molar-refractivity contribution in [2.24, 2.45) is 0 Å². The van der Waals surface area contributed by atoms with Crippen molar-refractivity contribution in [3.63, 3.8) is 0 Å². The van der Waals surface area contributed by atoms with Crippen LogP contribution in [-0.2, 0) is 0 Å². The number of anilines is 1. The van der Waals surface area contributed by atoms with Crippen LogP contribution in [0.5, 0.6) is 0 Å². The fraction of sp³-hybridized carbons (Fsp3) is 0.643. The highest BCUT2D eigenvalue weighted by Gasteiger charge is 2.19. The number of hydrogen-bond acceptors (Lipinski definition) is 4. The van der Waals surface area contributed by atoms with E-state index in [2.05, 4.69) is 48.1 Å². The van der Waals surface area contributed by atoms with Gasteiger partial charge in [-0.15, -0.1) is 0 Å². The van der Waals surface area contributed by atoms with Gasteiger partial charge in [0, 0.05) is 30.1 Å². The molecule has 0 aliphatic carbocycles. The van der Waals surface area contributed by atoms with Crippen LogP contribution in [0, 0.1) is 0 Å². The molecule has 0 radical (unpaired) electrons. The number of hydrogen-bond donors (Lipinski definition) is 1. The maximum Gasteiger partial charge on any atom is 0.0572 e. The Hall–Kier alpha value is -0.740. The van der Waals surface area contributed by atoms with Gasteiger partial charge in [0.25, 0.3) is 0 Å². The van der Waals surface area contributed by atoms with E-state index in [1.54, 1.807) is 0 Å². The number of thioether (sulfide) groups is 1. The monoisotopic (exact) mass is 265 g/mol.